The van der Waals surface area contributed by atoms with Crippen LogP contribution < -0.4 is 15.5 Å². The molecule has 3 rings (SSSR count). The number of hydrogen-bond donors (Lipinski definition) is 2. The first-order chi connectivity index (χ1) is 13.9. The molecule has 29 heavy (non-hydrogen) atoms. The van der Waals surface area contributed by atoms with Crippen molar-refractivity contribution in [2.75, 3.05) is 25.1 Å². The monoisotopic (exact) mass is 415 g/mol. The predicted molar refractivity (Wildman–Crippen MR) is 110 cm³/mol. The van der Waals surface area contributed by atoms with E-state index in [0.29, 0.717) is 23.7 Å². The summed E-state index contributed by atoms with van der Waals surface area (Å²) in [6.07, 6.45) is -0.00507. The van der Waals surface area contributed by atoms with Crippen molar-refractivity contribution in [2.45, 2.75) is 19.4 Å². The van der Waals surface area contributed by atoms with E-state index in [9.17, 15) is 14.4 Å². The highest BCUT2D eigenvalue weighted by atomic mass is 35.5. The lowest BCUT2D eigenvalue weighted by Crippen LogP contribution is -2.31. The molecule has 1 fully saturated rings. The molecular formula is C21H22ClN3O4. The third-order valence-electron chi connectivity index (χ3n) is 4.78. The van der Waals surface area contributed by atoms with Crippen LogP contribution in [0.1, 0.15) is 33.9 Å². The van der Waals surface area contributed by atoms with E-state index in [4.69, 9.17) is 16.3 Å². The van der Waals surface area contributed by atoms with E-state index < -0.39 is 12.0 Å². The topological polar surface area (TPSA) is 87.7 Å². The van der Waals surface area contributed by atoms with Gasteiger partial charge in [0.15, 0.2) is 0 Å². The lowest BCUT2D eigenvalue weighted by molar-refractivity contribution is -0.141. The summed E-state index contributed by atoms with van der Waals surface area (Å²) >= 11 is 5.94. The summed E-state index contributed by atoms with van der Waals surface area (Å²) in [6.45, 7) is 3.03. The SMILES string of the molecule is COC(=O)CC(NC(=O)c1ccc(N2CCNC2=O)c(C)c1)c1ccc(Cl)cc1. The molecule has 1 atom stereocenters. The van der Waals surface area contributed by atoms with Gasteiger partial charge in [0, 0.05) is 29.4 Å². The number of aryl methyl sites for hydroxylation is 1. The zero-order chi connectivity index (χ0) is 21.0. The Morgan fingerprint density at radius 2 is 1.97 bits per heavy atom. The Hall–Kier alpha value is -3.06. The number of rotatable bonds is 6. The van der Waals surface area contributed by atoms with Crippen molar-refractivity contribution >= 4 is 35.2 Å². The smallest absolute Gasteiger partial charge is 0.322 e. The summed E-state index contributed by atoms with van der Waals surface area (Å²) in [5, 5.41) is 6.21. The second-order valence-electron chi connectivity index (χ2n) is 6.74. The molecule has 7 nitrogen and oxygen atoms in total. The molecular weight excluding hydrogens is 394 g/mol. The quantitative estimate of drug-likeness (QED) is 0.709. The number of esters is 1. The van der Waals surface area contributed by atoms with Gasteiger partial charge < -0.3 is 15.4 Å². The highest BCUT2D eigenvalue weighted by molar-refractivity contribution is 6.30. The fourth-order valence-electron chi connectivity index (χ4n) is 3.24. The van der Waals surface area contributed by atoms with E-state index in [1.165, 1.54) is 7.11 Å². The number of urea groups is 1. The Morgan fingerprint density at radius 1 is 1.24 bits per heavy atom. The van der Waals surface area contributed by atoms with Crippen molar-refractivity contribution in [3.05, 3.63) is 64.2 Å². The minimum atomic E-state index is -0.559. The van der Waals surface area contributed by atoms with Crippen LogP contribution >= 0.6 is 11.6 Å². The lowest BCUT2D eigenvalue weighted by Gasteiger charge is -2.20. The van der Waals surface area contributed by atoms with Crippen LogP contribution in [-0.2, 0) is 9.53 Å². The summed E-state index contributed by atoms with van der Waals surface area (Å²) in [7, 11) is 1.31. The Morgan fingerprint density at radius 3 is 2.55 bits per heavy atom. The molecule has 0 bridgehead atoms. The Balaban J connectivity index is 1.80. The number of amides is 3. The normalized spacial score (nSPS) is 14.3. The molecule has 152 valence electrons. The van der Waals surface area contributed by atoms with Crippen LogP contribution in [-0.4, -0.2) is 38.1 Å². The highest BCUT2D eigenvalue weighted by Crippen LogP contribution is 2.24. The molecule has 1 saturated heterocycles. The lowest BCUT2D eigenvalue weighted by atomic mass is 10.0. The number of anilines is 1. The van der Waals surface area contributed by atoms with E-state index in [1.807, 2.05) is 6.92 Å². The van der Waals surface area contributed by atoms with Gasteiger partial charge in [0.25, 0.3) is 5.91 Å². The van der Waals surface area contributed by atoms with Crippen LogP contribution in [0.3, 0.4) is 0 Å². The summed E-state index contributed by atoms with van der Waals surface area (Å²) in [5.74, 6) is -0.758. The summed E-state index contributed by atoms with van der Waals surface area (Å²) < 4.78 is 4.76. The molecule has 1 aliphatic heterocycles. The summed E-state index contributed by atoms with van der Waals surface area (Å²) in [5.41, 5.74) is 2.76. The van der Waals surface area contributed by atoms with Crippen LogP contribution in [0, 0.1) is 6.92 Å². The van der Waals surface area contributed by atoms with Crippen LogP contribution in [0.25, 0.3) is 0 Å². The van der Waals surface area contributed by atoms with Crippen molar-refractivity contribution in [1.82, 2.24) is 10.6 Å². The van der Waals surface area contributed by atoms with Crippen molar-refractivity contribution in [2.24, 2.45) is 0 Å². The highest BCUT2D eigenvalue weighted by Gasteiger charge is 2.24. The molecule has 0 spiro atoms. The van der Waals surface area contributed by atoms with Gasteiger partial charge in [-0.05, 0) is 48.4 Å². The largest absolute Gasteiger partial charge is 0.469 e. The number of nitrogens with one attached hydrogen (secondary N) is 2. The number of ether oxygens (including phenoxy) is 1. The van der Waals surface area contributed by atoms with Crippen molar-refractivity contribution in [3.8, 4) is 0 Å². The van der Waals surface area contributed by atoms with Gasteiger partial charge in [-0.1, -0.05) is 23.7 Å². The van der Waals surface area contributed by atoms with Crippen LogP contribution in [0.4, 0.5) is 10.5 Å². The molecule has 2 aromatic carbocycles. The maximum Gasteiger partial charge on any atom is 0.322 e. The number of hydrogen-bond acceptors (Lipinski definition) is 4. The fourth-order valence-corrected chi connectivity index (χ4v) is 3.37. The first-order valence-electron chi connectivity index (χ1n) is 9.18. The Bertz CT molecular complexity index is 930. The fraction of sp³-hybridized carbons (Fsp3) is 0.286. The molecule has 0 aromatic heterocycles. The molecule has 2 aromatic rings. The van der Waals surface area contributed by atoms with Gasteiger partial charge in [-0.3, -0.25) is 14.5 Å². The van der Waals surface area contributed by atoms with Crippen LogP contribution in [0.2, 0.25) is 5.02 Å². The molecule has 1 heterocycles. The van der Waals surface area contributed by atoms with Crippen molar-refractivity contribution in [3.63, 3.8) is 0 Å². The van der Waals surface area contributed by atoms with Crippen LogP contribution in [0.5, 0.6) is 0 Å². The van der Waals surface area contributed by atoms with E-state index in [0.717, 1.165) is 16.8 Å². The molecule has 0 aliphatic carbocycles. The average molecular weight is 416 g/mol. The second-order valence-corrected chi connectivity index (χ2v) is 7.18. The molecule has 2 N–H and O–H groups in total. The van der Waals surface area contributed by atoms with Gasteiger partial charge in [-0.25, -0.2) is 4.79 Å². The Labute approximate surface area is 174 Å². The van der Waals surface area contributed by atoms with Crippen molar-refractivity contribution < 1.29 is 19.1 Å². The van der Waals surface area contributed by atoms with Crippen LogP contribution in [0.15, 0.2) is 42.5 Å². The zero-order valence-electron chi connectivity index (χ0n) is 16.2. The van der Waals surface area contributed by atoms with Gasteiger partial charge in [0.2, 0.25) is 0 Å². The minimum Gasteiger partial charge on any atom is -0.469 e. The minimum absolute atomic E-state index is 0.00507. The molecule has 0 saturated carbocycles. The summed E-state index contributed by atoms with van der Waals surface area (Å²) in [4.78, 5) is 38.2. The van der Waals surface area contributed by atoms with Gasteiger partial charge in [-0.15, -0.1) is 0 Å². The molecule has 1 unspecified atom stereocenters. The third-order valence-corrected chi connectivity index (χ3v) is 5.03. The number of nitrogens with zero attached hydrogens (tertiary/aromatic N) is 1. The first-order valence-corrected chi connectivity index (χ1v) is 9.56. The predicted octanol–water partition coefficient (Wildman–Crippen LogP) is 3.21. The van der Waals surface area contributed by atoms with Gasteiger partial charge in [-0.2, -0.15) is 0 Å². The van der Waals surface area contributed by atoms with E-state index in [2.05, 4.69) is 10.6 Å². The number of halogens is 1. The number of methoxy groups -OCH3 is 1. The van der Waals surface area contributed by atoms with Gasteiger partial charge >= 0.3 is 12.0 Å². The molecule has 0 radical (unpaired) electrons. The molecule has 3 amide bonds. The van der Waals surface area contributed by atoms with E-state index >= 15 is 0 Å². The maximum atomic E-state index is 12.8. The molecule has 1 aliphatic rings. The standard InChI is InChI=1S/C21H22ClN3O4/c1-13-11-15(5-8-18(13)25-10-9-23-21(25)28)20(27)24-17(12-19(26)29-2)14-3-6-16(22)7-4-14/h3-8,11,17H,9-10,12H2,1-2H3,(H,23,28)(H,24,27). The van der Waals surface area contributed by atoms with E-state index in [1.54, 1.807) is 47.4 Å². The second kappa shape index (κ2) is 8.96. The number of carbonyl (C=O) groups is 3. The van der Waals surface area contributed by atoms with Crippen molar-refractivity contribution in [1.29, 1.82) is 0 Å². The number of benzene rings is 2. The Kier molecular flexibility index (Phi) is 6.39. The van der Waals surface area contributed by atoms with Gasteiger partial charge in [0.05, 0.1) is 19.6 Å². The third kappa shape index (κ3) is 4.86. The first kappa shape index (κ1) is 20.7. The van der Waals surface area contributed by atoms with Gasteiger partial charge in [0.1, 0.15) is 0 Å². The number of carbonyl (C=O) groups excluding carboxylic acids is 3. The molecule has 8 heteroatoms. The maximum absolute atomic E-state index is 12.8. The summed E-state index contributed by atoms with van der Waals surface area (Å²) in [6, 6.07) is 11.4. The van der Waals surface area contributed by atoms with E-state index in [-0.39, 0.29) is 18.4 Å². The zero-order valence-corrected chi connectivity index (χ0v) is 17.0. The average Bonchev–Trinajstić information content (AvgIpc) is 3.13.